The highest BCUT2D eigenvalue weighted by atomic mass is 16.5. The van der Waals surface area contributed by atoms with E-state index < -0.39 is 12.1 Å². The van der Waals surface area contributed by atoms with Crippen molar-refractivity contribution in [3.8, 4) is 5.75 Å². The summed E-state index contributed by atoms with van der Waals surface area (Å²) in [5.41, 5.74) is 1.72. The van der Waals surface area contributed by atoms with Crippen molar-refractivity contribution in [3.05, 3.63) is 59.9 Å². The molecule has 4 amide bonds. The highest BCUT2D eigenvalue weighted by Crippen LogP contribution is 2.17. The second kappa shape index (κ2) is 9.68. The highest BCUT2D eigenvalue weighted by molar-refractivity contribution is 6.04. The van der Waals surface area contributed by atoms with Crippen molar-refractivity contribution in [3.63, 3.8) is 0 Å². The molecular weight excluding hydrogens is 372 g/mol. The first-order chi connectivity index (χ1) is 14.1. The maximum Gasteiger partial charge on any atom is 0.325 e. The first-order valence-corrected chi connectivity index (χ1v) is 9.48. The molecule has 1 saturated heterocycles. The minimum Gasteiger partial charge on any atom is -0.497 e. The molecule has 0 aliphatic carbocycles. The van der Waals surface area contributed by atoms with Crippen LogP contribution in [-0.4, -0.2) is 47.4 Å². The van der Waals surface area contributed by atoms with E-state index in [0.717, 1.165) is 11.3 Å². The second-order valence-corrected chi connectivity index (χ2v) is 6.73. The Bertz CT molecular complexity index is 855. The van der Waals surface area contributed by atoms with E-state index >= 15 is 0 Å². The van der Waals surface area contributed by atoms with Crippen LogP contribution in [0.15, 0.2) is 48.7 Å². The fraction of sp³-hybridized carbons (Fsp3) is 0.333. The number of nitrogens with one attached hydrogen (secondary N) is 2. The third-order valence-corrected chi connectivity index (χ3v) is 4.70. The van der Waals surface area contributed by atoms with Gasteiger partial charge < -0.3 is 15.4 Å². The molecule has 0 bridgehead atoms. The predicted molar refractivity (Wildman–Crippen MR) is 106 cm³/mol. The van der Waals surface area contributed by atoms with Crippen LogP contribution in [0.3, 0.4) is 0 Å². The molecule has 8 heteroatoms. The van der Waals surface area contributed by atoms with Gasteiger partial charge in [0, 0.05) is 31.3 Å². The van der Waals surface area contributed by atoms with Crippen LogP contribution in [0.1, 0.15) is 24.1 Å². The van der Waals surface area contributed by atoms with Crippen molar-refractivity contribution in [2.24, 2.45) is 0 Å². The van der Waals surface area contributed by atoms with Crippen LogP contribution in [-0.2, 0) is 22.6 Å². The summed E-state index contributed by atoms with van der Waals surface area (Å²) < 4.78 is 5.10. The number of urea groups is 1. The van der Waals surface area contributed by atoms with E-state index in [2.05, 4.69) is 15.6 Å². The molecule has 8 nitrogen and oxygen atoms in total. The molecule has 2 aromatic rings. The summed E-state index contributed by atoms with van der Waals surface area (Å²) in [7, 11) is 1.58. The van der Waals surface area contributed by atoms with Gasteiger partial charge >= 0.3 is 6.03 Å². The summed E-state index contributed by atoms with van der Waals surface area (Å²) in [6.45, 7) is 0.659. The first kappa shape index (κ1) is 20.3. The molecule has 0 spiro atoms. The van der Waals surface area contributed by atoms with E-state index in [1.807, 2.05) is 30.3 Å². The number of benzene rings is 1. The molecule has 1 fully saturated rings. The van der Waals surface area contributed by atoms with Crippen molar-refractivity contribution in [2.75, 3.05) is 13.7 Å². The van der Waals surface area contributed by atoms with Crippen LogP contribution >= 0.6 is 0 Å². The smallest absolute Gasteiger partial charge is 0.325 e. The molecule has 1 aromatic heterocycles. The minimum atomic E-state index is -0.678. The van der Waals surface area contributed by atoms with Crippen LogP contribution in [0.25, 0.3) is 0 Å². The number of ether oxygens (including phenoxy) is 1. The summed E-state index contributed by atoms with van der Waals surface area (Å²) in [6, 6.07) is 11.7. The number of methoxy groups -OCH3 is 1. The van der Waals surface area contributed by atoms with Gasteiger partial charge in [-0.25, -0.2) is 4.79 Å². The van der Waals surface area contributed by atoms with Crippen molar-refractivity contribution in [1.29, 1.82) is 0 Å². The molecule has 0 unspecified atom stereocenters. The van der Waals surface area contributed by atoms with Gasteiger partial charge in [-0.15, -0.1) is 0 Å². The summed E-state index contributed by atoms with van der Waals surface area (Å²) in [5, 5.41) is 5.47. The molecule has 0 saturated carbocycles. The zero-order chi connectivity index (χ0) is 20.6. The van der Waals surface area contributed by atoms with Gasteiger partial charge in [0.15, 0.2) is 0 Å². The van der Waals surface area contributed by atoms with Gasteiger partial charge in [-0.1, -0.05) is 18.2 Å². The molecule has 1 aliphatic rings. The topological polar surface area (TPSA) is 101 Å². The molecular formula is C21H24N4O4. The number of pyridine rings is 1. The maximum atomic E-state index is 12.5. The average molecular weight is 396 g/mol. The number of nitrogens with zero attached hydrogens (tertiary/aromatic N) is 2. The number of carbonyl (C=O) groups is 3. The molecule has 0 radical (unpaired) electrons. The van der Waals surface area contributed by atoms with Crippen LogP contribution in [0.5, 0.6) is 5.75 Å². The lowest BCUT2D eigenvalue weighted by Crippen LogP contribution is -2.33. The number of carbonyl (C=O) groups excluding carboxylic acids is 3. The van der Waals surface area contributed by atoms with Crippen molar-refractivity contribution in [2.45, 2.75) is 31.8 Å². The fourth-order valence-electron chi connectivity index (χ4n) is 3.08. The minimum absolute atomic E-state index is 0.156. The lowest BCUT2D eigenvalue weighted by atomic mass is 10.1. The zero-order valence-electron chi connectivity index (χ0n) is 16.3. The molecule has 1 atom stereocenters. The zero-order valence-corrected chi connectivity index (χ0v) is 16.3. The molecule has 2 heterocycles. The molecule has 1 aliphatic heterocycles. The Balaban J connectivity index is 1.43. The number of aromatic nitrogens is 1. The Morgan fingerprint density at radius 2 is 2.00 bits per heavy atom. The largest absolute Gasteiger partial charge is 0.497 e. The summed E-state index contributed by atoms with van der Waals surface area (Å²) in [6.07, 6.45) is 2.78. The van der Waals surface area contributed by atoms with Crippen LogP contribution in [0.2, 0.25) is 0 Å². The van der Waals surface area contributed by atoms with Gasteiger partial charge in [-0.3, -0.25) is 19.5 Å². The number of amides is 4. The fourth-order valence-corrected chi connectivity index (χ4v) is 3.08. The summed E-state index contributed by atoms with van der Waals surface area (Å²) >= 11 is 0. The van der Waals surface area contributed by atoms with Crippen molar-refractivity contribution in [1.82, 2.24) is 20.5 Å². The van der Waals surface area contributed by atoms with E-state index in [1.165, 1.54) is 4.90 Å². The molecule has 152 valence electrons. The van der Waals surface area contributed by atoms with Gasteiger partial charge in [-0.2, -0.15) is 0 Å². The number of imide groups is 1. The Morgan fingerprint density at radius 3 is 2.69 bits per heavy atom. The lowest BCUT2D eigenvalue weighted by Gasteiger charge is -2.13. The van der Waals surface area contributed by atoms with E-state index in [9.17, 15) is 14.4 Å². The number of rotatable bonds is 9. The van der Waals surface area contributed by atoms with Crippen LogP contribution < -0.4 is 15.4 Å². The van der Waals surface area contributed by atoms with Crippen LogP contribution in [0.4, 0.5) is 4.79 Å². The Hall–Kier alpha value is -3.42. The first-order valence-electron chi connectivity index (χ1n) is 9.48. The standard InChI is InChI=1S/C21H24N4O4/c1-29-17-7-5-15(6-8-17)14-25-20(27)18(24-21(25)28)9-10-19(26)23-13-11-16-4-2-3-12-22-16/h2-8,12,18H,9-11,13-14H2,1H3,(H,23,26)(H,24,28)/t18-/m0/s1. The molecule has 2 N–H and O–H groups in total. The van der Waals surface area contributed by atoms with Gasteiger partial charge in [0.2, 0.25) is 5.91 Å². The van der Waals surface area contributed by atoms with E-state index in [1.54, 1.807) is 25.4 Å². The third-order valence-electron chi connectivity index (χ3n) is 4.70. The third kappa shape index (κ3) is 5.54. The Labute approximate surface area is 169 Å². The lowest BCUT2D eigenvalue weighted by molar-refractivity contribution is -0.128. The average Bonchev–Trinajstić information content (AvgIpc) is 3.01. The SMILES string of the molecule is COc1ccc(CN2C(=O)N[C@@H](CCC(=O)NCCc3ccccn3)C2=O)cc1. The van der Waals surface area contributed by atoms with E-state index in [4.69, 9.17) is 4.74 Å². The number of hydrogen-bond acceptors (Lipinski definition) is 5. The molecule has 29 heavy (non-hydrogen) atoms. The van der Waals surface area contributed by atoms with Gasteiger partial charge in [0.05, 0.1) is 13.7 Å². The van der Waals surface area contributed by atoms with Gasteiger partial charge in [0.1, 0.15) is 11.8 Å². The Morgan fingerprint density at radius 1 is 1.21 bits per heavy atom. The van der Waals surface area contributed by atoms with Gasteiger partial charge in [0.25, 0.3) is 5.91 Å². The van der Waals surface area contributed by atoms with Crippen LogP contribution in [0, 0.1) is 0 Å². The highest BCUT2D eigenvalue weighted by Gasteiger charge is 2.37. The van der Waals surface area contributed by atoms with Crippen molar-refractivity contribution < 1.29 is 19.1 Å². The molecule has 1 aromatic carbocycles. The van der Waals surface area contributed by atoms with Gasteiger partial charge in [-0.05, 0) is 36.2 Å². The summed E-state index contributed by atoms with van der Waals surface area (Å²) in [5.74, 6) is 0.238. The maximum absolute atomic E-state index is 12.5. The van der Waals surface area contributed by atoms with E-state index in [-0.39, 0.29) is 31.2 Å². The van der Waals surface area contributed by atoms with Crippen molar-refractivity contribution >= 4 is 17.8 Å². The quantitative estimate of drug-likeness (QED) is 0.628. The number of hydrogen-bond donors (Lipinski definition) is 2. The second-order valence-electron chi connectivity index (χ2n) is 6.73. The van der Waals surface area contributed by atoms with E-state index in [0.29, 0.717) is 18.7 Å². The monoisotopic (exact) mass is 396 g/mol. The summed E-state index contributed by atoms with van der Waals surface area (Å²) in [4.78, 5) is 42.1. The molecule has 3 rings (SSSR count). The Kier molecular flexibility index (Phi) is 6.78. The predicted octanol–water partition coefficient (Wildman–Crippen LogP) is 1.65. The normalized spacial score (nSPS) is 15.9.